The zero-order chi connectivity index (χ0) is 19.8. The van der Waals surface area contributed by atoms with E-state index >= 15 is 0 Å². The van der Waals surface area contributed by atoms with E-state index < -0.39 is 0 Å². The van der Waals surface area contributed by atoms with E-state index in [4.69, 9.17) is 4.84 Å². The van der Waals surface area contributed by atoms with Gasteiger partial charge in [-0.3, -0.25) is 19.4 Å². The Kier molecular flexibility index (Phi) is 9.09. The number of nitrogens with zero attached hydrogens (tertiary/aromatic N) is 1. The molecule has 29 heavy (non-hydrogen) atoms. The highest BCUT2D eigenvalue weighted by molar-refractivity contribution is 5.92. The van der Waals surface area contributed by atoms with Crippen LogP contribution in [0.2, 0.25) is 0 Å². The van der Waals surface area contributed by atoms with Crippen LogP contribution in [0.25, 0.3) is 0 Å². The molecule has 2 N–H and O–H groups in total. The SMILES string of the molecule is C[C@H]1C[C@H](CC(=O)NOCc2ccccc2)CC[C@H]1C(=O)Nc1ccncc1.Cl. The Labute approximate surface area is 177 Å². The zero-order valence-electron chi connectivity index (χ0n) is 16.5. The van der Waals surface area contributed by atoms with Gasteiger partial charge in [-0.05, 0) is 48.8 Å². The lowest BCUT2D eigenvalue weighted by Gasteiger charge is -2.33. The number of nitrogens with one attached hydrogen (secondary N) is 2. The number of rotatable bonds is 7. The van der Waals surface area contributed by atoms with Gasteiger partial charge in [-0.25, -0.2) is 5.48 Å². The molecule has 156 valence electrons. The van der Waals surface area contributed by atoms with Gasteiger partial charge in [0.1, 0.15) is 0 Å². The van der Waals surface area contributed by atoms with Gasteiger partial charge in [-0.15, -0.1) is 12.4 Å². The summed E-state index contributed by atoms with van der Waals surface area (Å²) in [5.74, 6) is 0.432. The Bertz CT molecular complexity index is 773. The summed E-state index contributed by atoms with van der Waals surface area (Å²) in [6, 6.07) is 13.3. The second-order valence-electron chi connectivity index (χ2n) is 7.49. The van der Waals surface area contributed by atoms with Crippen molar-refractivity contribution in [2.24, 2.45) is 17.8 Å². The fourth-order valence-corrected chi connectivity index (χ4v) is 3.83. The van der Waals surface area contributed by atoms with Gasteiger partial charge in [0.05, 0.1) is 6.61 Å². The van der Waals surface area contributed by atoms with Crippen LogP contribution in [0.1, 0.15) is 38.2 Å². The van der Waals surface area contributed by atoms with Crippen molar-refractivity contribution in [3.05, 3.63) is 60.4 Å². The maximum absolute atomic E-state index is 12.6. The lowest BCUT2D eigenvalue weighted by molar-refractivity contribution is -0.136. The van der Waals surface area contributed by atoms with E-state index in [-0.39, 0.29) is 42.0 Å². The normalized spacial score (nSPS) is 20.9. The summed E-state index contributed by atoms with van der Waals surface area (Å²) in [5.41, 5.74) is 4.31. The molecule has 1 aliphatic rings. The lowest BCUT2D eigenvalue weighted by Crippen LogP contribution is -2.35. The van der Waals surface area contributed by atoms with Crippen molar-refractivity contribution in [3.8, 4) is 0 Å². The molecule has 2 amide bonds. The summed E-state index contributed by atoms with van der Waals surface area (Å²) in [4.78, 5) is 34.0. The molecule has 1 aromatic carbocycles. The topological polar surface area (TPSA) is 80.3 Å². The van der Waals surface area contributed by atoms with Crippen LogP contribution in [-0.4, -0.2) is 16.8 Å². The van der Waals surface area contributed by atoms with E-state index in [1.807, 2.05) is 30.3 Å². The Morgan fingerprint density at radius 2 is 1.83 bits per heavy atom. The fourth-order valence-electron chi connectivity index (χ4n) is 3.83. The Morgan fingerprint density at radius 1 is 1.10 bits per heavy atom. The van der Waals surface area contributed by atoms with Gasteiger partial charge in [-0.2, -0.15) is 0 Å². The Balaban J connectivity index is 0.00000300. The quantitative estimate of drug-likeness (QED) is 0.663. The number of pyridine rings is 1. The van der Waals surface area contributed by atoms with Gasteiger partial charge < -0.3 is 5.32 Å². The predicted octanol–water partition coefficient (Wildman–Crippen LogP) is 4.13. The fraction of sp³-hybridized carbons (Fsp3) is 0.409. The molecule has 0 spiro atoms. The maximum atomic E-state index is 12.6. The van der Waals surface area contributed by atoms with E-state index in [0.717, 1.165) is 30.5 Å². The van der Waals surface area contributed by atoms with Crippen LogP contribution in [0.3, 0.4) is 0 Å². The van der Waals surface area contributed by atoms with Crippen LogP contribution in [-0.2, 0) is 21.0 Å². The van der Waals surface area contributed by atoms with Crippen molar-refractivity contribution >= 4 is 29.9 Å². The molecule has 7 heteroatoms. The van der Waals surface area contributed by atoms with Crippen LogP contribution in [0.4, 0.5) is 5.69 Å². The number of hydrogen-bond donors (Lipinski definition) is 2. The van der Waals surface area contributed by atoms with E-state index in [1.54, 1.807) is 24.5 Å². The molecule has 1 aromatic heterocycles. The number of hydroxylamine groups is 1. The van der Waals surface area contributed by atoms with Crippen molar-refractivity contribution in [1.29, 1.82) is 0 Å². The average Bonchev–Trinajstić information content (AvgIpc) is 2.69. The summed E-state index contributed by atoms with van der Waals surface area (Å²) >= 11 is 0. The number of carbonyl (C=O) groups is 2. The van der Waals surface area contributed by atoms with Crippen molar-refractivity contribution in [1.82, 2.24) is 10.5 Å². The van der Waals surface area contributed by atoms with E-state index in [9.17, 15) is 9.59 Å². The van der Waals surface area contributed by atoms with Gasteiger partial charge >= 0.3 is 0 Å². The molecule has 0 unspecified atom stereocenters. The average molecular weight is 418 g/mol. The highest BCUT2D eigenvalue weighted by Crippen LogP contribution is 2.36. The summed E-state index contributed by atoms with van der Waals surface area (Å²) in [7, 11) is 0. The molecule has 2 aromatic rings. The highest BCUT2D eigenvalue weighted by Gasteiger charge is 2.33. The molecule has 1 aliphatic carbocycles. The molecule has 0 bridgehead atoms. The van der Waals surface area contributed by atoms with Gasteiger partial charge in [0.15, 0.2) is 0 Å². The third-order valence-corrected chi connectivity index (χ3v) is 5.30. The van der Waals surface area contributed by atoms with Gasteiger partial charge in [0, 0.05) is 30.4 Å². The molecular formula is C22H28ClN3O3. The molecule has 3 rings (SSSR count). The number of benzene rings is 1. The van der Waals surface area contributed by atoms with Crippen LogP contribution in [0.15, 0.2) is 54.9 Å². The lowest BCUT2D eigenvalue weighted by atomic mass is 9.73. The van der Waals surface area contributed by atoms with Gasteiger partial charge in [-0.1, -0.05) is 37.3 Å². The number of anilines is 1. The van der Waals surface area contributed by atoms with E-state index in [0.29, 0.717) is 13.0 Å². The molecule has 0 radical (unpaired) electrons. The molecule has 1 heterocycles. The third-order valence-electron chi connectivity index (χ3n) is 5.30. The number of amides is 2. The van der Waals surface area contributed by atoms with E-state index in [1.165, 1.54) is 0 Å². The second kappa shape index (κ2) is 11.5. The van der Waals surface area contributed by atoms with Crippen LogP contribution < -0.4 is 10.8 Å². The summed E-state index contributed by atoms with van der Waals surface area (Å²) in [5, 5.41) is 2.96. The summed E-state index contributed by atoms with van der Waals surface area (Å²) < 4.78 is 0. The first-order chi connectivity index (χ1) is 13.6. The number of hydrogen-bond acceptors (Lipinski definition) is 4. The monoisotopic (exact) mass is 417 g/mol. The summed E-state index contributed by atoms with van der Waals surface area (Å²) in [6.45, 7) is 2.44. The minimum atomic E-state index is -0.104. The van der Waals surface area contributed by atoms with Crippen molar-refractivity contribution in [2.75, 3.05) is 5.32 Å². The van der Waals surface area contributed by atoms with Crippen LogP contribution in [0, 0.1) is 17.8 Å². The minimum absolute atomic E-state index is 0. The molecule has 1 saturated carbocycles. The molecule has 0 aliphatic heterocycles. The predicted molar refractivity (Wildman–Crippen MR) is 114 cm³/mol. The van der Waals surface area contributed by atoms with Crippen molar-refractivity contribution in [3.63, 3.8) is 0 Å². The zero-order valence-corrected chi connectivity index (χ0v) is 17.4. The standard InChI is InChI=1S/C22H27N3O3.ClH/c1-16-13-18(14-21(26)25-28-15-17-5-3-2-4-6-17)7-8-20(16)22(27)24-19-9-11-23-12-10-19;/h2-6,9-12,16,18,20H,7-8,13-15H2,1H3,(H,25,26)(H,23,24,27);1H/t16-,18+,20+;/m0./s1. The van der Waals surface area contributed by atoms with Crippen molar-refractivity contribution in [2.45, 2.75) is 39.2 Å². The number of halogens is 1. The second-order valence-corrected chi connectivity index (χ2v) is 7.49. The summed E-state index contributed by atoms with van der Waals surface area (Å²) in [6.07, 6.45) is 6.27. The Hall–Kier alpha value is -2.44. The maximum Gasteiger partial charge on any atom is 0.243 e. The van der Waals surface area contributed by atoms with Gasteiger partial charge in [0.25, 0.3) is 0 Å². The number of aromatic nitrogens is 1. The molecule has 1 fully saturated rings. The van der Waals surface area contributed by atoms with Crippen molar-refractivity contribution < 1.29 is 14.4 Å². The van der Waals surface area contributed by atoms with Crippen LogP contribution >= 0.6 is 12.4 Å². The number of carbonyl (C=O) groups excluding carboxylic acids is 2. The molecule has 6 nitrogen and oxygen atoms in total. The first kappa shape index (κ1) is 22.8. The largest absolute Gasteiger partial charge is 0.326 e. The smallest absolute Gasteiger partial charge is 0.243 e. The molecule has 3 atom stereocenters. The molecule has 0 saturated heterocycles. The third kappa shape index (κ3) is 7.15. The first-order valence-corrected chi connectivity index (χ1v) is 9.77. The first-order valence-electron chi connectivity index (χ1n) is 9.77. The highest BCUT2D eigenvalue weighted by atomic mass is 35.5. The molecular weight excluding hydrogens is 390 g/mol. The Morgan fingerprint density at radius 3 is 2.52 bits per heavy atom. The minimum Gasteiger partial charge on any atom is -0.326 e. The van der Waals surface area contributed by atoms with Crippen LogP contribution in [0.5, 0.6) is 0 Å². The van der Waals surface area contributed by atoms with E-state index in [2.05, 4.69) is 22.7 Å². The van der Waals surface area contributed by atoms with Gasteiger partial charge in [0.2, 0.25) is 11.8 Å².